The maximum atomic E-state index is 12.4. The molecular weight excluding hydrogens is 404 g/mol. The molecule has 7 nitrogen and oxygen atoms in total. The Morgan fingerprint density at radius 3 is 2.03 bits per heavy atom. The molecule has 0 atom stereocenters. The number of amides is 1. The molecule has 0 bridgehead atoms. The third-order valence-corrected chi connectivity index (χ3v) is 5.38. The van der Waals surface area contributed by atoms with E-state index >= 15 is 0 Å². The zero-order chi connectivity index (χ0) is 21.4. The number of anilines is 2. The second-order valence-electron chi connectivity index (χ2n) is 6.24. The molecule has 1 amide bonds. The number of hydrogen-bond acceptors (Lipinski definition) is 5. The van der Waals surface area contributed by atoms with Crippen molar-refractivity contribution in [1.82, 2.24) is 0 Å². The number of rotatable bonds is 9. The van der Waals surface area contributed by atoms with Gasteiger partial charge in [0.1, 0.15) is 11.5 Å². The van der Waals surface area contributed by atoms with Crippen molar-refractivity contribution in [2.24, 2.45) is 0 Å². The van der Waals surface area contributed by atoms with Crippen LogP contribution < -0.4 is 19.5 Å². The number of para-hydroxylation sites is 1. The quantitative estimate of drug-likeness (QED) is 0.541. The molecule has 30 heavy (non-hydrogen) atoms. The summed E-state index contributed by atoms with van der Waals surface area (Å²) in [6.07, 6.45) is 0. The molecular formula is C22H22N2O5S. The minimum absolute atomic E-state index is 0.0949. The number of hydrogen-bond donors (Lipinski definition) is 2. The average molecular weight is 426 g/mol. The molecule has 0 saturated carbocycles. The van der Waals surface area contributed by atoms with Crippen LogP contribution in [0.1, 0.15) is 6.92 Å². The maximum Gasteiger partial charge on any atom is 0.262 e. The first kappa shape index (κ1) is 21.2. The number of carbonyl (C=O) groups is 1. The van der Waals surface area contributed by atoms with Gasteiger partial charge in [-0.2, -0.15) is 0 Å². The van der Waals surface area contributed by atoms with Gasteiger partial charge in [-0.25, -0.2) is 8.42 Å². The lowest BCUT2D eigenvalue weighted by Crippen LogP contribution is -2.20. The molecule has 0 aliphatic carbocycles. The highest BCUT2D eigenvalue weighted by Crippen LogP contribution is 2.19. The van der Waals surface area contributed by atoms with Crippen LogP contribution >= 0.6 is 0 Å². The van der Waals surface area contributed by atoms with Crippen molar-refractivity contribution in [1.29, 1.82) is 0 Å². The van der Waals surface area contributed by atoms with Crippen LogP contribution in [0.25, 0.3) is 0 Å². The Morgan fingerprint density at radius 1 is 0.800 bits per heavy atom. The Labute approximate surface area is 175 Å². The van der Waals surface area contributed by atoms with Gasteiger partial charge in [-0.3, -0.25) is 9.52 Å². The first-order valence-corrected chi connectivity index (χ1v) is 10.8. The predicted octanol–water partition coefficient (Wildman–Crippen LogP) is 3.90. The van der Waals surface area contributed by atoms with E-state index < -0.39 is 10.0 Å². The fourth-order valence-corrected chi connectivity index (χ4v) is 3.64. The first-order valence-electron chi connectivity index (χ1n) is 9.30. The van der Waals surface area contributed by atoms with Gasteiger partial charge in [-0.1, -0.05) is 18.2 Å². The lowest BCUT2D eigenvalue weighted by atomic mass is 10.3. The second kappa shape index (κ2) is 9.80. The maximum absolute atomic E-state index is 12.4. The summed E-state index contributed by atoms with van der Waals surface area (Å²) < 4.78 is 38.1. The number of sulfonamides is 1. The van der Waals surface area contributed by atoms with Crippen LogP contribution in [0.15, 0.2) is 83.8 Å². The van der Waals surface area contributed by atoms with E-state index in [-0.39, 0.29) is 17.4 Å². The normalized spacial score (nSPS) is 10.8. The Bertz CT molecular complexity index is 1070. The molecule has 0 spiro atoms. The topological polar surface area (TPSA) is 93.7 Å². The smallest absolute Gasteiger partial charge is 0.262 e. The molecule has 3 rings (SSSR count). The summed E-state index contributed by atoms with van der Waals surface area (Å²) in [5, 5.41) is 2.72. The zero-order valence-corrected chi connectivity index (χ0v) is 17.2. The number of ether oxygens (including phenoxy) is 2. The van der Waals surface area contributed by atoms with Crippen LogP contribution in [0.3, 0.4) is 0 Å². The van der Waals surface area contributed by atoms with Crippen LogP contribution in [-0.4, -0.2) is 27.5 Å². The summed E-state index contributed by atoms with van der Waals surface area (Å²) in [7, 11) is -3.70. The summed E-state index contributed by atoms with van der Waals surface area (Å²) in [5.74, 6) is 0.778. The van der Waals surface area contributed by atoms with E-state index in [0.29, 0.717) is 23.7 Å². The van der Waals surface area contributed by atoms with Gasteiger partial charge >= 0.3 is 0 Å². The van der Waals surface area contributed by atoms with Crippen molar-refractivity contribution in [3.8, 4) is 11.5 Å². The van der Waals surface area contributed by atoms with Gasteiger partial charge < -0.3 is 14.8 Å². The fraction of sp³-hybridized carbons (Fsp3) is 0.136. The van der Waals surface area contributed by atoms with Crippen molar-refractivity contribution < 1.29 is 22.7 Å². The Kier molecular flexibility index (Phi) is 6.92. The SMILES string of the molecule is CCOc1ccc(NC(=O)COc2ccc(S(=O)(=O)Nc3ccccc3)cc2)cc1. The van der Waals surface area contributed by atoms with E-state index in [9.17, 15) is 13.2 Å². The van der Waals surface area contributed by atoms with Crippen LogP contribution in [0.5, 0.6) is 11.5 Å². The number of nitrogens with one attached hydrogen (secondary N) is 2. The Morgan fingerprint density at radius 2 is 1.40 bits per heavy atom. The van der Waals surface area contributed by atoms with E-state index in [1.165, 1.54) is 24.3 Å². The van der Waals surface area contributed by atoms with Crippen LogP contribution in [0, 0.1) is 0 Å². The highest BCUT2D eigenvalue weighted by atomic mass is 32.2. The van der Waals surface area contributed by atoms with E-state index in [4.69, 9.17) is 9.47 Å². The summed E-state index contributed by atoms with van der Waals surface area (Å²) in [6, 6.07) is 21.5. The van der Waals surface area contributed by atoms with E-state index in [1.807, 2.05) is 6.92 Å². The summed E-state index contributed by atoms with van der Waals surface area (Å²) >= 11 is 0. The molecule has 0 aliphatic rings. The highest BCUT2D eigenvalue weighted by Gasteiger charge is 2.14. The summed E-state index contributed by atoms with van der Waals surface area (Å²) in [4.78, 5) is 12.1. The minimum atomic E-state index is -3.70. The van der Waals surface area contributed by atoms with Crippen molar-refractivity contribution in [2.75, 3.05) is 23.3 Å². The van der Waals surface area contributed by atoms with Gasteiger partial charge in [0, 0.05) is 11.4 Å². The molecule has 0 unspecified atom stereocenters. The molecule has 0 fully saturated rings. The average Bonchev–Trinajstić information content (AvgIpc) is 2.75. The van der Waals surface area contributed by atoms with Crippen LogP contribution in [-0.2, 0) is 14.8 Å². The van der Waals surface area contributed by atoms with E-state index in [1.54, 1.807) is 54.6 Å². The largest absolute Gasteiger partial charge is 0.494 e. The van der Waals surface area contributed by atoms with Gasteiger partial charge in [-0.05, 0) is 67.6 Å². The fourth-order valence-electron chi connectivity index (χ4n) is 2.58. The lowest BCUT2D eigenvalue weighted by molar-refractivity contribution is -0.118. The van der Waals surface area contributed by atoms with Gasteiger partial charge in [0.2, 0.25) is 0 Å². The van der Waals surface area contributed by atoms with Crippen molar-refractivity contribution >= 4 is 27.3 Å². The Balaban J connectivity index is 1.53. The molecule has 156 valence electrons. The third-order valence-electron chi connectivity index (χ3n) is 3.98. The molecule has 0 heterocycles. The van der Waals surface area contributed by atoms with Gasteiger partial charge in [0.15, 0.2) is 6.61 Å². The standard InChI is InChI=1S/C22H22N2O5S/c1-2-28-19-10-8-17(9-11-19)23-22(25)16-29-20-12-14-21(15-13-20)30(26,27)24-18-6-4-3-5-7-18/h3-15,24H,2,16H2,1H3,(H,23,25). The monoisotopic (exact) mass is 426 g/mol. The third kappa shape index (κ3) is 5.99. The van der Waals surface area contributed by atoms with Gasteiger partial charge in [-0.15, -0.1) is 0 Å². The molecule has 3 aromatic carbocycles. The number of benzene rings is 3. The molecule has 2 N–H and O–H groups in total. The molecule has 0 radical (unpaired) electrons. The zero-order valence-electron chi connectivity index (χ0n) is 16.4. The number of carbonyl (C=O) groups excluding carboxylic acids is 1. The molecule has 0 aromatic heterocycles. The first-order chi connectivity index (χ1) is 14.5. The molecule has 8 heteroatoms. The summed E-state index contributed by atoms with van der Waals surface area (Å²) in [5.41, 5.74) is 1.10. The summed E-state index contributed by atoms with van der Waals surface area (Å²) in [6.45, 7) is 2.26. The van der Waals surface area contributed by atoms with Crippen LogP contribution in [0.4, 0.5) is 11.4 Å². The van der Waals surface area contributed by atoms with Crippen LogP contribution in [0.2, 0.25) is 0 Å². The molecule has 0 aliphatic heterocycles. The lowest BCUT2D eigenvalue weighted by Gasteiger charge is -2.10. The van der Waals surface area contributed by atoms with E-state index in [2.05, 4.69) is 10.0 Å². The van der Waals surface area contributed by atoms with E-state index in [0.717, 1.165) is 5.75 Å². The van der Waals surface area contributed by atoms with Gasteiger partial charge in [0.05, 0.1) is 11.5 Å². The predicted molar refractivity (Wildman–Crippen MR) is 115 cm³/mol. The molecule has 3 aromatic rings. The Hall–Kier alpha value is -3.52. The minimum Gasteiger partial charge on any atom is -0.494 e. The molecule has 0 saturated heterocycles. The van der Waals surface area contributed by atoms with Crippen molar-refractivity contribution in [3.05, 3.63) is 78.9 Å². The second-order valence-corrected chi connectivity index (χ2v) is 7.92. The van der Waals surface area contributed by atoms with Gasteiger partial charge in [0.25, 0.3) is 15.9 Å². The van der Waals surface area contributed by atoms with Crippen molar-refractivity contribution in [3.63, 3.8) is 0 Å². The van der Waals surface area contributed by atoms with Crippen molar-refractivity contribution in [2.45, 2.75) is 11.8 Å². The highest BCUT2D eigenvalue weighted by molar-refractivity contribution is 7.92.